The zero-order valence-corrected chi connectivity index (χ0v) is 17.9. The molecule has 158 valence electrons. The van der Waals surface area contributed by atoms with Crippen molar-refractivity contribution >= 4 is 26.6 Å². The summed E-state index contributed by atoms with van der Waals surface area (Å²) in [4.78, 5) is 8.51. The second kappa shape index (κ2) is 7.79. The Kier molecular flexibility index (Phi) is 4.95. The molecule has 4 aromatic rings. The predicted molar refractivity (Wildman–Crippen MR) is 120 cm³/mol. The average Bonchev–Trinajstić information content (AvgIpc) is 3.42. The molecule has 0 aliphatic carbocycles. The molecule has 2 aromatic heterocycles. The molecule has 0 radical (unpaired) electrons. The number of pyridine rings is 1. The SMILES string of the molecule is Cn1cnc(S(=O)(=O)N2C[C@H](Nc3ccc4cccnc4c3)[C@@H](c3ccccc3)C2)c1. The Bertz CT molecular complexity index is 1320. The maximum Gasteiger partial charge on any atom is 0.262 e. The number of nitrogens with one attached hydrogen (secondary N) is 1. The van der Waals surface area contributed by atoms with Gasteiger partial charge in [-0.2, -0.15) is 4.31 Å². The van der Waals surface area contributed by atoms with Crippen molar-refractivity contribution in [3.05, 3.63) is 84.9 Å². The zero-order chi connectivity index (χ0) is 21.4. The van der Waals surface area contributed by atoms with Crippen molar-refractivity contribution in [1.29, 1.82) is 0 Å². The van der Waals surface area contributed by atoms with E-state index in [9.17, 15) is 8.42 Å². The fraction of sp³-hybridized carbons (Fsp3) is 0.217. The lowest BCUT2D eigenvalue weighted by Gasteiger charge is -2.21. The summed E-state index contributed by atoms with van der Waals surface area (Å²) in [5.74, 6) is 0.0131. The molecular weight excluding hydrogens is 410 g/mol. The van der Waals surface area contributed by atoms with Crippen molar-refractivity contribution in [3.63, 3.8) is 0 Å². The van der Waals surface area contributed by atoms with E-state index in [0.29, 0.717) is 13.1 Å². The van der Waals surface area contributed by atoms with Crippen LogP contribution in [0.3, 0.4) is 0 Å². The van der Waals surface area contributed by atoms with E-state index in [1.807, 2.05) is 48.5 Å². The number of sulfonamides is 1. The lowest BCUT2D eigenvalue weighted by atomic mass is 9.94. The van der Waals surface area contributed by atoms with Crippen LogP contribution in [-0.4, -0.2) is 46.4 Å². The summed E-state index contributed by atoms with van der Waals surface area (Å²) in [6, 6.07) is 20.0. The van der Waals surface area contributed by atoms with Gasteiger partial charge in [0, 0.05) is 55.6 Å². The monoisotopic (exact) mass is 433 g/mol. The Labute approximate surface area is 181 Å². The Hall–Kier alpha value is -3.23. The van der Waals surface area contributed by atoms with Crippen LogP contribution < -0.4 is 5.32 Å². The van der Waals surface area contributed by atoms with Gasteiger partial charge in [-0.1, -0.05) is 42.5 Å². The molecule has 8 heteroatoms. The number of hydrogen-bond donors (Lipinski definition) is 1. The summed E-state index contributed by atoms with van der Waals surface area (Å²) < 4.78 is 29.6. The Morgan fingerprint density at radius 2 is 1.84 bits per heavy atom. The second-order valence-electron chi connectivity index (χ2n) is 7.88. The van der Waals surface area contributed by atoms with Crippen LogP contribution in [0, 0.1) is 0 Å². The van der Waals surface area contributed by atoms with Gasteiger partial charge in [-0.25, -0.2) is 13.4 Å². The lowest BCUT2D eigenvalue weighted by molar-refractivity contribution is 0.468. The van der Waals surface area contributed by atoms with E-state index in [4.69, 9.17) is 0 Å². The van der Waals surface area contributed by atoms with Gasteiger partial charge < -0.3 is 9.88 Å². The van der Waals surface area contributed by atoms with Crippen LogP contribution in [0.4, 0.5) is 5.69 Å². The Morgan fingerprint density at radius 1 is 1.00 bits per heavy atom. The number of fused-ring (bicyclic) bond motifs is 1. The first-order valence-corrected chi connectivity index (χ1v) is 11.6. The summed E-state index contributed by atoms with van der Waals surface area (Å²) in [7, 11) is -1.90. The fourth-order valence-electron chi connectivity index (χ4n) is 4.17. The van der Waals surface area contributed by atoms with E-state index in [-0.39, 0.29) is 17.0 Å². The molecule has 2 atom stereocenters. The quantitative estimate of drug-likeness (QED) is 0.523. The van der Waals surface area contributed by atoms with E-state index in [1.54, 1.807) is 24.0 Å². The molecule has 0 saturated carbocycles. The van der Waals surface area contributed by atoms with Gasteiger partial charge in [-0.05, 0) is 23.8 Å². The van der Waals surface area contributed by atoms with Crippen molar-refractivity contribution in [3.8, 4) is 0 Å². The minimum Gasteiger partial charge on any atom is -0.380 e. The van der Waals surface area contributed by atoms with Gasteiger partial charge >= 0.3 is 0 Å². The number of aryl methyl sites for hydroxylation is 1. The molecule has 7 nitrogen and oxygen atoms in total. The third-order valence-electron chi connectivity index (χ3n) is 5.76. The molecule has 0 bridgehead atoms. The summed E-state index contributed by atoms with van der Waals surface area (Å²) in [6.45, 7) is 0.755. The van der Waals surface area contributed by atoms with Gasteiger partial charge in [0.25, 0.3) is 10.0 Å². The Morgan fingerprint density at radius 3 is 2.61 bits per heavy atom. The van der Waals surface area contributed by atoms with Crippen LogP contribution in [0.1, 0.15) is 11.5 Å². The van der Waals surface area contributed by atoms with E-state index in [1.165, 1.54) is 10.6 Å². The van der Waals surface area contributed by atoms with E-state index in [0.717, 1.165) is 22.2 Å². The maximum absolute atomic E-state index is 13.2. The fourth-order valence-corrected chi connectivity index (χ4v) is 5.63. The predicted octanol–water partition coefficient (Wildman–Crippen LogP) is 3.24. The summed E-state index contributed by atoms with van der Waals surface area (Å²) >= 11 is 0. The van der Waals surface area contributed by atoms with Gasteiger partial charge in [0.2, 0.25) is 0 Å². The molecule has 5 rings (SSSR count). The van der Waals surface area contributed by atoms with Crippen molar-refractivity contribution < 1.29 is 8.42 Å². The molecule has 1 saturated heterocycles. The minimum absolute atomic E-state index is 0.0131. The van der Waals surface area contributed by atoms with Gasteiger partial charge in [0.1, 0.15) is 0 Å². The number of aromatic nitrogens is 3. The van der Waals surface area contributed by atoms with Gasteiger partial charge in [-0.3, -0.25) is 4.98 Å². The molecule has 2 aromatic carbocycles. The summed E-state index contributed by atoms with van der Waals surface area (Å²) in [5, 5.41) is 4.72. The first kappa shape index (κ1) is 19.7. The first-order chi connectivity index (χ1) is 15.0. The molecule has 31 heavy (non-hydrogen) atoms. The van der Waals surface area contributed by atoms with Crippen molar-refractivity contribution in [1.82, 2.24) is 18.8 Å². The first-order valence-electron chi connectivity index (χ1n) is 10.1. The van der Waals surface area contributed by atoms with Gasteiger partial charge in [0.15, 0.2) is 5.03 Å². The van der Waals surface area contributed by atoms with Crippen LogP contribution in [-0.2, 0) is 17.1 Å². The molecule has 1 N–H and O–H groups in total. The van der Waals surface area contributed by atoms with Crippen LogP contribution in [0.25, 0.3) is 10.9 Å². The Balaban J connectivity index is 1.47. The van der Waals surface area contributed by atoms with Crippen LogP contribution >= 0.6 is 0 Å². The van der Waals surface area contributed by atoms with Gasteiger partial charge in [0.05, 0.1) is 11.8 Å². The van der Waals surface area contributed by atoms with Crippen LogP contribution in [0.2, 0.25) is 0 Å². The minimum atomic E-state index is -3.67. The molecule has 0 amide bonds. The highest BCUT2D eigenvalue weighted by molar-refractivity contribution is 7.89. The number of hydrogen-bond acceptors (Lipinski definition) is 5. The smallest absolute Gasteiger partial charge is 0.262 e. The van der Waals surface area contributed by atoms with E-state index >= 15 is 0 Å². The summed E-state index contributed by atoms with van der Waals surface area (Å²) in [5.41, 5.74) is 2.94. The molecule has 3 heterocycles. The highest BCUT2D eigenvalue weighted by Gasteiger charge is 2.41. The number of anilines is 1. The molecule has 1 fully saturated rings. The van der Waals surface area contributed by atoms with E-state index in [2.05, 4.69) is 27.4 Å². The molecule has 1 aliphatic rings. The lowest BCUT2D eigenvalue weighted by Crippen LogP contribution is -2.32. The molecular formula is C23H23N5O2S. The van der Waals surface area contributed by atoms with Crippen molar-refractivity contribution in [2.24, 2.45) is 7.05 Å². The van der Waals surface area contributed by atoms with Crippen LogP contribution in [0.15, 0.2) is 84.4 Å². The average molecular weight is 434 g/mol. The number of nitrogens with zero attached hydrogens (tertiary/aromatic N) is 4. The third-order valence-corrected chi connectivity index (χ3v) is 7.47. The topological polar surface area (TPSA) is 80.1 Å². The number of rotatable bonds is 5. The highest BCUT2D eigenvalue weighted by Crippen LogP contribution is 2.33. The van der Waals surface area contributed by atoms with Crippen LogP contribution in [0.5, 0.6) is 0 Å². The second-order valence-corrected chi connectivity index (χ2v) is 9.76. The third kappa shape index (κ3) is 3.80. The number of imidazole rings is 1. The summed E-state index contributed by atoms with van der Waals surface area (Å²) in [6.07, 6.45) is 4.83. The van der Waals surface area contributed by atoms with E-state index < -0.39 is 10.0 Å². The molecule has 1 aliphatic heterocycles. The van der Waals surface area contributed by atoms with Crippen molar-refractivity contribution in [2.45, 2.75) is 17.0 Å². The van der Waals surface area contributed by atoms with Crippen molar-refractivity contribution in [2.75, 3.05) is 18.4 Å². The highest BCUT2D eigenvalue weighted by atomic mass is 32.2. The molecule has 0 spiro atoms. The zero-order valence-electron chi connectivity index (χ0n) is 17.1. The largest absolute Gasteiger partial charge is 0.380 e. The van der Waals surface area contributed by atoms with Gasteiger partial charge in [-0.15, -0.1) is 0 Å². The number of benzene rings is 2. The molecule has 0 unspecified atom stereocenters. The maximum atomic E-state index is 13.2. The normalized spacial score (nSPS) is 19.6. The standard InChI is InChI=1S/C23H23N5O2S/c1-27-15-23(25-16-27)31(29,30)28-13-20(17-6-3-2-4-7-17)22(14-28)26-19-10-9-18-8-5-11-24-21(18)12-19/h2-12,15-16,20,22,26H,13-14H2,1H3/t20-,22+/m1/s1.